The Morgan fingerprint density at radius 1 is 1.42 bits per heavy atom. The van der Waals surface area contributed by atoms with Gasteiger partial charge < -0.3 is 14.7 Å². The van der Waals surface area contributed by atoms with E-state index in [0.29, 0.717) is 19.6 Å². The van der Waals surface area contributed by atoms with Gasteiger partial charge in [-0.3, -0.25) is 9.69 Å². The highest BCUT2D eigenvalue weighted by Gasteiger charge is 2.37. The van der Waals surface area contributed by atoms with E-state index in [0.717, 1.165) is 6.07 Å². The summed E-state index contributed by atoms with van der Waals surface area (Å²) in [6, 6.07) is 3.43. The molecule has 176 valence electrons. The van der Waals surface area contributed by atoms with Gasteiger partial charge in [0.15, 0.2) is 5.03 Å². The third kappa shape index (κ3) is 4.17. The monoisotopic (exact) mass is 496 g/mol. The van der Waals surface area contributed by atoms with Crippen molar-refractivity contribution in [3.63, 3.8) is 0 Å². The highest BCUT2D eigenvalue weighted by molar-refractivity contribution is 7.89. The van der Waals surface area contributed by atoms with Crippen LogP contribution in [-0.4, -0.2) is 73.5 Å². The van der Waals surface area contributed by atoms with Crippen LogP contribution >= 0.6 is 11.6 Å². The van der Waals surface area contributed by atoms with Crippen LogP contribution in [0.2, 0.25) is 5.02 Å². The second-order valence-electron chi connectivity index (χ2n) is 7.65. The van der Waals surface area contributed by atoms with E-state index in [4.69, 9.17) is 16.3 Å². The molecule has 3 heterocycles. The van der Waals surface area contributed by atoms with Crippen LogP contribution in [0.4, 0.5) is 4.39 Å². The third-order valence-corrected chi connectivity index (χ3v) is 7.51. The van der Waals surface area contributed by atoms with Crippen LogP contribution in [0, 0.1) is 5.82 Å². The molecule has 1 atom stereocenters. The van der Waals surface area contributed by atoms with Gasteiger partial charge in [0.1, 0.15) is 34.6 Å². The molecule has 2 aliphatic heterocycles. The molecule has 33 heavy (non-hydrogen) atoms. The fourth-order valence-corrected chi connectivity index (χ4v) is 5.24. The summed E-state index contributed by atoms with van der Waals surface area (Å²) in [5.41, 5.74) is -0.353. The molecule has 2 aromatic rings. The van der Waals surface area contributed by atoms with Gasteiger partial charge in [-0.25, -0.2) is 22.5 Å². The van der Waals surface area contributed by atoms with Gasteiger partial charge in [-0.2, -0.15) is 0 Å². The smallest absolute Gasteiger partial charge is 0.258 e. The van der Waals surface area contributed by atoms with Crippen LogP contribution < -0.4 is 9.46 Å². The average molecular weight is 497 g/mol. The van der Waals surface area contributed by atoms with Crippen molar-refractivity contribution in [2.45, 2.75) is 17.6 Å². The fraction of sp³-hybridized carbons (Fsp3) is 0.333. The van der Waals surface area contributed by atoms with Crippen molar-refractivity contribution in [3.8, 4) is 22.8 Å². The Bertz CT molecular complexity index is 1220. The van der Waals surface area contributed by atoms with Crippen molar-refractivity contribution in [2.75, 3.05) is 33.3 Å². The number of benzene rings is 1. The van der Waals surface area contributed by atoms with E-state index in [-0.39, 0.29) is 57.7 Å². The molecule has 1 amide bonds. The summed E-state index contributed by atoms with van der Waals surface area (Å²) in [5, 5.41) is 9.77. The standard InChI is InChI=1S/C21H22ClFN4O5S/c1-3-16(29)27-8-7-26-10-13-20(32-11-12(26)9-27)18(22)19(25-21(13)33(30,31)24-2)17-14(23)5-4-6-15(17)28/h3-6,12,24,28H,1,7-11H2,2H3/t12-/m1/s1. The number of hydrogen-bond donors (Lipinski definition) is 2. The summed E-state index contributed by atoms with van der Waals surface area (Å²) in [5.74, 6) is -1.41. The zero-order chi connectivity index (χ0) is 23.9. The van der Waals surface area contributed by atoms with Crippen LogP contribution in [0.1, 0.15) is 5.56 Å². The molecule has 0 bridgehead atoms. The van der Waals surface area contributed by atoms with Gasteiger partial charge in [0.05, 0.1) is 11.6 Å². The molecule has 0 unspecified atom stereocenters. The van der Waals surface area contributed by atoms with Gasteiger partial charge in [0.25, 0.3) is 10.0 Å². The number of hydrogen-bond acceptors (Lipinski definition) is 7. The van der Waals surface area contributed by atoms with E-state index >= 15 is 0 Å². The molecule has 1 saturated heterocycles. The SMILES string of the molecule is C=CC(=O)N1CCN2Cc3c(S(=O)(=O)NC)nc(-c4c(O)cccc4F)c(Cl)c3OC[C@H]2C1. The number of halogens is 2. The summed E-state index contributed by atoms with van der Waals surface area (Å²) in [7, 11) is -2.87. The molecule has 0 aliphatic carbocycles. The summed E-state index contributed by atoms with van der Waals surface area (Å²) in [6.45, 7) is 5.04. The van der Waals surface area contributed by atoms with E-state index in [9.17, 15) is 22.7 Å². The number of nitrogens with zero attached hydrogens (tertiary/aromatic N) is 3. The topological polar surface area (TPSA) is 112 Å². The fourth-order valence-electron chi connectivity index (χ4n) is 4.05. The minimum atomic E-state index is -4.10. The van der Waals surface area contributed by atoms with Crippen molar-refractivity contribution >= 4 is 27.5 Å². The molecule has 2 N–H and O–H groups in total. The molecule has 1 aromatic carbocycles. The van der Waals surface area contributed by atoms with E-state index in [2.05, 4.69) is 16.3 Å². The van der Waals surface area contributed by atoms with Gasteiger partial charge in [-0.05, 0) is 25.3 Å². The van der Waals surface area contributed by atoms with Gasteiger partial charge in [-0.15, -0.1) is 0 Å². The van der Waals surface area contributed by atoms with E-state index in [1.807, 2.05) is 4.90 Å². The number of amides is 1. The number of aromatic hydroxyl groups is 1. The van der Waals surface area contributed by atoms with Crippen molar-refractivity contribution in [1.29, 1.82) is 0 Å². The molecule has 0 spiro atoms. The molecule has 4 rings (SSSR count). The molecule has 0 saturated carbocycles. The van der Waals surface area contributed by atoms with Gasteiger partial charge in [-0.1, -0.05) is 24.2 Å². The number of pyridine rings is 1. The highest BCUT2D eigenvalue weighted by atomic mass is 35.5. The number of carbonyl (C=O) groups is 1. The Labute approximate surface area is 195 Å². The second kappa shape index (κ2) is 8.90. The van der Waals surface area contributed by atoms with Crippen LogP contribution in [-0.2, 0) is 21.4 Å². The summed E-state index contributed by atoms with van der Waals surface area (Å²) < 4.78 is 48.6. The second-order valence-corrected chi connectivity index (χ2v) is 9.83. The normalized spacial score (nSPS) is 18.6. The minimum Gasteiger partial charge on any atom is -0.507 e. The van der Waals surface area contributed by atoms with Crippen molar-refractivity contribution in [3.05, 3.63) is 47.3 Å². The van der Waals surface area contributed by atoms with E-state index < -0.39 is 21.6 Å². The number of rotatable bonds is 4. The van der Waals surface area contributed by atoms with Gasteiger partial charge >= 0.3 is 0 Å². The van der Waals surface area contributed by atoms with Crippen molar-refractivity contribution < 1.29 is 27.4 Å². The lowest BCUT2D eigenvalue weighted by Gasteiger charge is -2.39. The Morgan fingerprint density at radius 2 is 2.18 bits per heavy atom. The first kappa shape index (κ1) is 23.4. The summed E-state index contributed by atoms with van der Waals surface area (Å²) >= 11 is 6.57. The number of phenolic OH excluding ortho intramolecular Hbond substituents is 1. The number of fused-ring (bicyclic) bond motifs is 2. The number of sulfonamides is 1. The zero-order valence-corrected chi connectivity index (χ0v) is 19.3. The number of piperazine rings is 1. The molecular formula is C21H22ClFN4O5S. The zero-order valence-electron chi connectivity index (χ0n) is 17.7. The number of nitrogens with one attached hydrogen (secondary N) is 1. The lowest BCUT2D eigenvalue weighted by molar-refractivity contribution is -0.129. The van der Waals surface area contributed by atoms with Crippen molar-refractivity contribution in [2.24, 2.45) is 0 Å². The molecule has 0 radical (unpaired) electrons. The Morgan fingerprint density at radius 3 is 2.85 bits per heavy atom. The quantitative estimate of drug-likeness (QED) is 0.620. The average Bonchev–Trinajstić information content (AvgIpc) is 2.99. The number of aromatic nitrogens is 1. The van der Waals surface area contributed by atoms with Crippen LogP contribution in [0.25, 0.3) is 11.3 Å². The van der Waals surface area contributed by atoms with Crippen molar-refractivity contribution in [1.82, 2.24) is 19.5 Å². The predicted molar refractivity (Wildman–Crippen MR) is 119 cm³/mol. The van der Waals surface area contributed by atoms with E-state index in [1.165, 1.54) is 25.3 Å². The van der Waals surface area contributed by atoms with E-state index in [1.54, 1.807) is 4.90 Å². The number of ether oxygens (including phenoxy) is 1. The largest absolute Gasteiger partial charge is 0.507 e. The number of phenols is 1. The highest BCUT2D eigenvalue weighted by Crippen LogP contribution is 2.44. The summed E-state index contributed by atoms with van der Waals surface area (Å²) in [4.78, 5) is 19.9. The first-order chi connectivity index (χ1) is 15.7. The lowest BCUT2D eigenvalue weighted by atomic mass is 10.1. The van der Waals surface area contributed by atoms with Crippen LogP contribution in [0.3, 0.4) is 0 Å². The molecule has 1 fully saturated rings. The molecule has 2 aliphatic rings. The first-order valence-electron chi connectivity index (χ1n) is 10.1. The Kier molecular flexibility index (Phi) is 6.32. The first-order valence-corrected chi connectivity index (χ1v) is 12.0. The molecule has 1 aromatic heterocycles. The molecular weight excluding hydrogens is 475 g/mol. The number of carbonyl (C=O) groups excluding carboxylic acids is 1. The maximum Gasteiger partial charge on any atom is 0.258 e. The van der Waals surface area contributed by atoms with Gasteiger partial charge in [0, 0.05) is 31.7 Å². The van der Waals surface area contributed by atoms with Gasteiger partial charge in [0.2, 0.25) is 5.91 Å². The minimum absolute atomic E-state index is 0.0501. The van der Waals surface area contributed by atoms with Crippen LogP contribution in [0.5, 0.6) is 11.5 Å². The maximum atomic E-state index is 14.6. The predicted octanol–water partition coefficient (Wildman–Crippen LogP) is 1.75. The Balaban J connectivity index is 1.86. The molecule has 12 heteroatoms. The maximum absolute atomic E-state index is 14.6. The molecule has 9 nitrogen and oxygen atoms in total. The van der Waals surface area contributed by atoms with Crippen LogP contribution in [0.15, 0.2) is 35.9 Å². The summed E-state index contributed by atoms with van der Waals surface area (Å²) in [6.07, 6.45) is 1.24. The lowest BCUT2D eigenvalue weighted by Crippen LogP contribution is -2.55. The third-order valence-electron chi connectivity index (χ3n) is 5.78. The Hall–Kier alpha value is -2.73.